The Morgan fingerprint density at radius 2 is 1.93 bits per heavy atom. The van der Waals surface area contributed by atoms with Gasteiger partial charge in [0, 0.05) is 25.6 Å². The van der Waals surface area contributed by atoms with E-state index in [1.54, 1.807) is 4.90 Å². The molecule has 1 aliphatic heterocycles. The summed E-state index contributed by atoms with van der Waals surface area (Å²) >= 11 is 0. The van der Waals surface area contributed by atoms with Gasteiger partial charge in [0.25, 0.3) is 0 Å². The Morgan fingerprint density at radius 1 is 1.25 bits per heavy atom. The molecular formula is C21H30N2O5. The second-order valence-corrected chi connectivity index (χ2v) is 7.35. The third-order valence-corrected chi connectivity index (χ3v) is 4.97. The average molecular weight is 390 g/mol. The van der Waals surface area contributed by atoms with Crippen LogP contribution >= 0.6 is 0 Å². The summed E-state index contributed by atoms with van der Waals surface area (Å²) in [7, 11) is 0. The van der Waals surface area contributed by atoms with Crippen molar-refractivity contribution in [2.45, 2.75) is 65.1 Å². The van der Waals surface area contributed by atoms with E-state index in [-0.39, 0.29) is 44.0 Å². The van der Waals surface area contributed by atoms with Crippen LogP contribution in [-0.2, 0) is 27.3 Å². The number of aliphatic carboxylic acids is 1. The van der Waals surface area contributed by atoms with Crippen molar-refractivity contribution < 1.29 is 24.2 Å². The summed E-state index contributed by atoms with van der Waals surface area (Å²) in [4.78, 5) is 39.8. The number of carbonyl (C=O) groups is 3. The number of unbranched alkanes of at least 4 members (excludes halogenated alkanes) is 1. The summed E-state index contributed by atoms with van der Waals surface area (Å²) in [5.74, 6) is -1.36. The van der Waals surface area contributed by atoms with Crippen LogP contribution in [0.4, 0.5) is 4.79 Å². The van der Waals surface area contributed by atoms with Crippen LogP contribution in [0.2, 0.25) is 0 Å². The highest BCUT2D eigenvalue weighted by Crippen LogP contribution is 2.25. The number of carbonyl (C=O) groups excluding carboxylic acids is 2. The van der Waals surface area contributed by atoms with Gasteiger partial charge in [0.2, 0.25) is 0 Å². The molecule has 0 aliphatic carbocycles. The van der Waals surface area contributed by atoms with Gasteiger partial charge in [-0.05, 0) is 31.4 Å². The minimum Gasteiger partial charge on any atom is -0.480 e. The largest absolute Gasteiger partial charge is 0.480 e. The van der Waals surface area contributed by atoms with Crippen LogP contribution in [0.1, 0.15) is 51.2 Å². The van der Waals surface area contributed by atoms with Gasteiger partial charge < -0.3 is 19.6 Å². The lowest BCUT2D eigenvalue weighted by Gasteiger charge is -2.39. The number of fused-ring (bicyclic) bond motifs is 1. The lowest BCUT2D eigenvalue weighted by atomic mass is 9.94. The van der Waals surface area contributed by atoms with Crippen LogP contribution in [0.15, 0.2) is 24.3 Å². The number of hydrogen-bond acceptors (Lipinski definition) is 4. The minimum atomic E-state index is -1.02. The fraction of sp³-hybridized carbons (Fsp3) is 0.571. The van der Waals surface area contributed by atoms with Gasteiger partial charge in [0.1, 0.15) is 6.04 Å². The molecule has 1 unspecified atom stereocenters. The molecule has 1 N–H and O–H groups in total. The summed E-state index contributed by atoms with van der Waals surface area (Å²) in [5.41, 5.74) is 1.91. The van der Waals surface area contributed by atoms with E-state index in [1.165, 1.54) is 4.90 Å². The first-order valence-electron chi connectivity index (χ1n) is 9.87. The van der Waals surface area contributed by atoms with Crippen molar-refractivity contribution in [3.63, 3.8) is 0 Å². The van der Waals surface area contributed by atoms with Gasteiger partial charge in [0.15, 0.2) is 0 Å². The summed E-state index contributed by atoms with van der Waals surface area (Å²) in [6.45, 7) is 6.56. The highest BCUT2D eigenvalue weighted by atomic mass is 16.5. The molecule has 0 saturated carbocycles. The van der Waals surface area contributed by atoms with Gasteiger partial charge in [-0.1, -0.05) is 37.6 Å². The standard InChI is InChI=1S/C21H30N2O5/c1-4-5-12-28-19(24)10-11-22(15(2)3)21(27)23-14-17-9-7-6-8-16(17)13-18(23)20(25)26/h6-9,15,18H,4-5,10-14H2,1-3H3,(H,25,26). The molecule has 0 saturated heterocycles. The Labute approximate surface area is 166 Å². The van der Waals surface area contributed by atoms with Crippen molar-refractivity contribution in [2.75, 3.05) is 13.2 Å². The second-order valence-electron chi connectivity index (χ2n) is 7.35. The third-order valence-electron chi connectivity index (χ3n) is 4.97. The van der Waals surface area contributed by atoms with Crippen molar-refractivity contribution in [1.82, 2.24) is 9.80 Å². The molecule has 7 heteroatoms. The molecule has 2 rings (SSSR count). The number of hydrogen-bond donors (Lipinski definition) is 1. The zero-order chi connectivity index (χ0) is 20.7. The number of nitrogens with zero attached hydrogens (tertiary/aromatic N) is 2. The van der Waals surface area contributed by atoms with Crippen molar-refractivity contribution in [1.29, 1.82) is 0 Å². The first-order chi connectivity index (χ1) is 13.3. The first-order valence-corrected chi connectivity index (χ1v) is 9.87. The Morgan fingerprint density at radius 3 is 2.54 bits per heavy atom. The van der Waals surface area contributed by atoms with Crippen LogP contribution in [0.25, 0.3) is 0 Å². The van der Waals surface area contributed by atoms with Crippen molar-refractivity contribution >= 4 is 18.0 Å². The van der Waals surface area contributed by atoms with Crippen LogP contribution < -0.4 is 0 Å². The Kier molecular flexibility index (Phi) is 7.84. The molecule has 154 valence electrons. The van der Waals surface area contributed by atoms with Gasteiger partial charge in [0.05, 0.1) is 13.0 Å². The van der Waals surface area contributed by atoms with Gasteiger partial charge in [-0.3, -0.25) is 4.79 Å². The molecule has 7 nitrogen and oxygen atoms in total. The molecule has 1 aliphatic rings. The Hall–Kier alpha value is -2.57. The van der Waals surface area contributed by atoms with E-state index in [2.05, 4.69) is 0 Å². The molecule has 2 amide bonds. The monoisotopic (exact) mass is 390 g/mol. The number of rotatable bonds is 8. The van der Waals surface area contributed by atoms with Crippen molar-refractivity contribution in [3.8, 4) is 0 Å². The number of urea groups is 1. The molecule has 28 heavy (non-hydrogen) atoms. The van der Waals surface area contributed by atoms with E-state index >= 15 is 0 Å². The number of benzene rings is 1. The summed E-state index contributed by atoms with van der Waals surface area (Å²) in [6.07, 6.45) is 2.13. The molecule has 0 bridgehead atoms. The predicted molar refractivity (Wildman–Crippen MR) is 105 cm³/mol. The van der Waals surface area contributed by atoms with Gasteiger partial charge in [-0.15, -0.1) is 0 Å². The molecule has 1 atom stereocenters. The molecule has 1 aromatic carbocycles. The summed E-state index contributed by atoms with van der Waals surface area (Å²) in [5, 5.41) is 9.66. The molecule has 0 radical (unpaired) electrons. The highest BCUT2D eigenvalue weighted by molar-refractivity contribution is 5.84. The normalized spacial score (nSPS) is 15.9. The van der Waals surface area contributed by atoms with Gasteiger partial charge >= 0.3 is 18.0 Å². The number of ether oxygens (including phenoxy) is 1. The van der Waals surface area contributed by atoms with E-state index in [9.17, 15) is 19.5 Å². The van der Waals surface area contributed by atoms with E-state index in [1.807, 2.05) is 45.0 Å². The van der Waals surface area contributed by atoms with Crippen molar-refractivity contribution in [3.05, 3.63) is 35.4 Å². The Balaban J connectivity index is 2.10. The number of carboxylic acids is 1. The van der Waals surface area contributed by atoms with Crippen LogP contribution in [-0.4, -0.2) is 58.1 Å². The van der Waals surface area contributed by atoms with Gasteiger partial charge in [-0.2, -0.15) is 0 Å². The minimum absolute atomic E-state index is 0.0931. The Bertz CT molecular complexity index is 704. The lowest BCUT2D eigenvalue weighted by molar-refractivity contribution is -0.145. The second kappa shape index (κ2) is 10.1. The number of esters is 1. The molecule has 1 aromatic rings. The summed E-state index contributed by atoms with van der Waals surface area (Å²) < 4.78 is 5.16. The van der Waals surface area contributed by atoms with Crippen LogP contribution in [0.3, 0.4) is 0 Å². The maximum Gasteiger partial charge on any atom is 0.326 e. The maximum absolute atomic E-state index is 13.2. The summed E-state index contributed by atoms with van der Waals surface area (Å²) in [6, 6.07) is 6.13. The van der Waals surface area contributed by atoms with E-state index in [4.69, 9.17) is 4.74 Å². The third kappa shape index (κ3) is 5.47. The van der Waals surface area contributed by atoms with Crippen LogP contribution in [0.5, 0.6) is 0 Å². The molecule has 0 fully saturated rings. The maximum atomic E-state index is 13.2. The van der Waals surface area contributed by atoms with E-state index in [0.717, 1.165) is 24.0 Å². The zero-order valence-electron chi connectivity index (χ0n) is 16.9. The van der Waals surface area contributed by atoms with Crippen LogP contribution in [0, 0.1) is 0 Å². The number of carboxylic acid groups (broad SMARTS) is 1. The smallest absolute Gasteiger partial charge is 0.326 e. The topological polar surface area (TPSA) is 87.2 Å². The number of amides is 2. The average Bonchev–Trinajstić information content (AvgIpc) is 2.66. The van der Waals surface area contributed by atoms with E-state index < -0.39 is 12.0 Å². The zero-order valence-corrected chi connectivity index (χ0v) is 16.9. The van der Waals surface area contributed by atoms with E-state index in [0.29, 0.717) is 6.61 Å². The first kappa shape index (κ1) is 21.7. The fourth-order valence-electron chi connectivity index (χ4n) is 3.30. The lowest BCUT2D eigenvalue weighted by Crippen LogP contribution is -2.55. The predicted octanol–water partition coefficient (Wildman–Crippen LogP) is 3.06. The molecule has 0 aromatic heterocycles. The SMILES string of the molecule is CCCCOC(=O)CCN(C(=O)N1Cc2ccccc2CC1C(=O)O)C(C)C. The highest BCUT2D eigenvalue weighted by Gasteiger charge is 2.37. The quantitative estimate of drug-likeness (QED) is 0.544. The molecule has 1 heterocycles. The fourth-order valence-corrected chi connectivity index (χ4v) is 3.30. The van der Waals surface area contributed by atoms with Gasteiger partial charge in [-0.25, -0.2) is 9.59 Å². The van der Waals surface area contributed by atoms with Crippen molar-refractivity contribution in [2.24, 2.45) is 0 Å². The molecule has 0 spiro atoms. The molecular weight excluding hydrogens is 360 g/mol.